The molecular formula is C23H26N4O4. The monoisotopic (exact) mass is 422 g/mol. The molecule has 8 nitrogen and oxygen atoms in total. The number of hydrogen-bond donors (Lipinski definition) is 1. The average Bonchev–Trinajstić information content (AvgIpc) is 3.34. The van der Waals surface area contributed by atoms with Crippen LogP contribution in [0.3, 0.4) is 0 Å². The van der Waals surface area contributed by atoms with Gasteiger partial charge in [-0.3, -0.25) is 14.4 Å². The normalized spacial score (nSPS) is 14.0. The lowest BCUT2D eigenvalue weighted by molar-refractivity contribution is -0.125. The van der Waals surface area contributed by atoms with Crippen molar-refractivity contribution in [1.82, 2.24) is 10.2 Å². The number of carbonyl (C=O) groups excluding carboxylic acids is 3. The summed E-state index contributed by atoms with van der Waals surface area (Å²) >= 11 is 0. The molecule has 0 saturated carbocycles. The fourth-order valence-corrected chi connectivity index (χ4v) is 3.61. The summed E-state index contributed by atoms with van der Waals surface area (Å²) in [7, 11) is 0. The lowest BCUT2D eigenvalue weighted by atomic mass is 10.0. The van der Waals surface area contributed by atoms with Gasteiger partial charge in [-0.2, -0.15) is 5.26 Å². The van der Waals surface area contributed by atoms with E-state index in [1.54, 1.807) is 21.9 Å². The molecule has 2 aromatic rings. The molecule has 8 heteroatoms. The van der Waals surface area contributed by atoms with Crippen LogP contribution in [0.1, 0.15) is 42.7 Å². The maximum Gasteiger partial charge on any atom is 0.289 e. The van der Waals surface area contributed by atoms with Crippen LogP contribution < -0.4 is 10.2 Å². The van der Waals surface area contributed by atoms with Crippen LogP contribution in [0.4, 0.5) is 5.69 Å². The molecule has 3 rings (SSSR count). The van der Waals surface area contributed by atoms with Crippen LogP contribution in [0, 0.1) is 11.3 Å². The Hall–Kier alpha value is -3.60. The molecule has 2 heterocycles. The molecule has 1 aromatic carbocycles. The molecule has 1 saturated heterocycles. The molecule has 0 spiro atoms. The number of furan rings is 1. The molecule has 1 aliphatic rings. The molecule has 0 aliphatic carbocycles. The van der Waals surface area contributed by atoms with Gasteiger partial charge in [0.1, 0.15) is 0 Å². The molecule has 0 radical (unpaired) electrons. The second kappa shape index (κ2) is 11.0. The lowest BCUT2D eigenvalue weighted by Gasteiger charge is -2.32. The maximum absolute atomic E-state index is 12.7. The van der Waals surface area contributed by atoms with Gasteiger partial charge in [0.2, 0.25) is 11.8 Å². The van der Waals surface area contributed by atoms with E-state index in [2.05, 4.69) is 11.4 Å². The fraction of sp³-hybridized carbons (Fsp3) is 0.391. The van der Waals surface area contributed by atoms with Gasteiger partial charge in [-0.1, -0.05) is 18.2 Å². The first-order valence-electron chi connectivity index (χ1n) is 10.4. The number of carbonyl (C=O) groups is 3. The summed E-state index contributed by atoms with van der Waals surface area (Å²) in [5.74, 6) is -0.188. The SMILES string of the molecule is N#CCCN(C(=O)CCC(=O)NC1CCN(C(=O)c2ccco2)CC1)c1ccccc1. The van der Waals surface area contributed by atoms with Crippen LogP contribution in [0.25, 0.3) is 0 Å². The summed E-state index contributed by atoms with van der Waals surface area (Å²) in [4.78, 5) is 40.6. The van der Waals surface area contributed by atoms with Gasteiger partial charge in [-0.05, 0) is 37.1 Å². The number of hydrogen-bond acceptors (Lipinski definition) is 5. The molecule has 1 N–H and O–H groups in total. The van der Waals surface area contributed by atoms with Gasteiger partial charge in [0.15, 0.2) is 5.76 Å². The van der Waals surface area contributed by atoms with Crippen molar-refractivity contribution in [2.75, 3.05) is 24.5 Å². The third-order valence-corrected chi connectivity index (χ3v) is 5.26. The number of anilines is 1. The van der Waals surface area contributed by atoms with Crippen molar-refractivity contribution in [2.45, 2.75) is 38.1 Å². The van der Waals surface area contributed by atoms with Crippen LogP contribution in [0.15, 0.2) is 53.1 Å². The highest BCUT2D eigenvalue weighted by molar-refractivity contribution is 5.95. The van der Waals surface area contributed by atoms with Gasteiger partial charge in [0, 0.05) is 44.2 Å². The fourth-order valence-electron chi connectivity index (χ4n) is 3.61. The van der Waals surface area contributed by atoms with E-state index >= 15 is 0 Å². The van der Waals surface area contributed by atoms with Gasteiger partial charge < -0.3 is 19.5 Å². The number of likely N-dealkylation sites (tertiary alicyclic amines) is 1. The van der Waals surface area contributed by atoms with Crippen LogP contribution >= 0.6 is 0 Å². The minimum absolute atomic E-state index is 0.0212. The minimum Gasteiger partial charge on any atom is -0.459 e. The van der Waals surface area contributed by atoms with Crippen molar-refractivity contribution in [2.24, 2.45) is 0 Å². The second-order valence-electron chi connectivity index (χ2n) is 7.40. The van der Waals surface area contributed by atoms with Gasteiger partial charge in [-0.25, -0.2) is 0 Å². The van der Waals surface area contributed by atoms with Gasteiger partial charge in [0.25, 0.3) is 5.91 Å². The molecular weight excluding hydrogens is 396 g/mol. The molecule has 0 atom stereocenters. The molecule has 3 amide bonds. The zero-order chi connectivity index (χ0) is 22.1. The highest BCUT2D eigenvalue weighted by Gasteiger charge is 2.26. The topological polar surface area (TPSA) is 107 Å². The number of nitrogens with one attached hydrogen (secondary N) is 1. The Morgan fingerprint density at radius 2 is 1.84 bits per heavy atom. The Morgan fingerprint density at radius 3 is 2.48 bits per heavy atom. The van der Waals surface area contributed by atoms with E-state index in [1.165, 1.54) is 6.26 Å². The molecule has 0 bridgehead atoms. The summed E-state index contributed by atoms with van der Waals surface area (Å²) < 4.78 is 5.16. The van der Waals surface area contributed by atoms with Crippen LogP contribution in [-0.2, 0) is 9.59 Å². The summed E-state index contributed by atoms with van der Waals surface area (Å²) in [5.41, 5.74) is 0.719. The van der Waals surface area contributed by atoms with Gasteiger partial charge in [0.05, 0.1) is 18.8 Å². The van der Waals surface area contributed by atoms with E-state index in [-0.39, 0.29) is 43.0 Å². The largest absolute Gasteiger partial charge is 0.459 e. The van der Waals surface area contributed by atoms with Crippen molar-refractivity contribution in [1.29, 1.82) is 5.26 Å². The van der Waals surface area contributed by atoms with Crippen LogP contribution in [-0.4, -0.2) is 48.3 Å². The van der Waals surface area contributed by atoms with Crippen molar-refractivity contribution >= 4 is 23.4 Å². The number of nitrogens with zero attached hydrogens (tertiary/aromatic N) is 3. The van der Waals surface area contributed by atoms with Crippen molar-refractivity contribution in [3.05, 3.63) is 54.5 Å². The first-order chi connectivity index (χ1) is 15.1. The van der Waals surface area contributed by atoms with Crippen LogP contribution in [0.2, 0.25) is 0 Å². The Morgan fingerprint density at radius 1 is 1.10 bits per heavy atom. The summed E-state index contributed by atoms with van der Waals surface area (Å²) in [5, 5.41) is 11.8. The Bertz CT molecular complexity index is 913. The predicted molar refractivity (Wildman–Crippen MR) is 114 cm³/mol. The first-order valence-corrected chi connectivity index (χ1v) is 10.4. The van der Waals surface area contributed by atoms with Crippen molar-refractivity contribution in [3.8, 4) is 6.07 Å². The van der Waals surface area contributed by atoms with Crippen LogP contribution in [0.5, 0.6) is 0 Å². The predicted octanol–water partition coefficient (Wildman–Crippen LogP) is 2.73. The third kappa shape index (κ3) is 6.19. The molecule has 1 aromatic heterocycles. The highest BCUT2D eigenvalue weighted by atomic mass is 16.3. The molecule has 162 valence electrons. The summed E-state index contributed by atoms with van der Waals surface area (Å²) in [6.45, 7) is 1.38. The zero-order valence-corrected chi connectivity index (χ0v) is 17.3. The summed E-state index contributed by atoms with van der Waals surface area (Å²) in [6.07, 6.45) is 3.17. The third-order valence-electron chi connectivity index (χ3n) is 5.26. The van der Waals surface area contributed by atoms with E-state index in [0.717, 1.165) is 5.69 Å². The highest BCUT2D eigenvalue weighted by Crippen LogP contribution is 2.17. The van der Waals surface area contributed by atoms with Gasteiger partial charge >= 0.3 is 0 Å². The number of amides is 3. The van der Waals surface area contributed by atoms with E-state index in [4.69, 9.17) is 9.68 Å². The second-order valence-corrected chi connectivity index (χ2v) is 7.40. The number of para-hydroxylation sites is 1. The minimum atomic E-state index is -0.185. The first kappa shape index (κ1) is 22.1. The van der Waals surface area contributed by atoms with Crippen molar-refractivity contribution < 1.29 is 18.8 Å². The Kier molecular flexibility index (Phi) is 7.82. The molecule has 31 heavy (non-hydrogen) atoms. The number of nitriles is 1. The molecule has 0 unspecified atom stereocenters. The van der Waals surface area contributed by atoms with E-state index in [0.29, 0.717) is 38.2 Å². The van der Waals surface area contributed by atoms with Gasteiger partial charge in [-0.15, -0.1) is 0 Å². The van der Waals surface area contributed by atoms with E-state index in [9.17, 15) is 14.4 Å². The zero-order valence-electron chi connectivity index (χ0n) is 17.3. The molecule has 1 fully saturated rings. The number of rotatable bonds is 8. The van der Waals surface area contributed by atoms with Crippen molar-refractivity contribution in [3.63, 3.8) is 0 Å². The molecule has 1 aliphatic heterocycles. The Balaban J connectivity index is 1.44. The maximum atomic E-state index is 12.7. The smallest absolute Gasteiger partial charge is 0.289 e. The van der Waals surface area contributed by atoms with E-state index in [1.807, 2.05) is 30.3 Å². The number of benzene rings is 1. The van der Waals surface area contributed by atoms with E-state index < -0.39 is 0 Å². The quantitative estimate of drug-likeness (QED) is 0.704. The average molecular weight is 422 g/mol. The lowest BCUT2D eigenvalue weighted by Crippen LogP contribution is -2.46. The summed E-state index contributed by atoms with van der Waals surface area (Å²) in [6, 6.07) is 14.5. The Labute approximate surface area is 181 Å². The number of piperidine rings is 1. The standard InChI is InChI=1S/C23H26N4O4/c24-13-5-14-27(19-6-2-1-3-7-19)22(29)10-9-21(28)25-18-11-15-26(16-12-18)23(30)20-8-4-17-31-20/h1-4,6-8,17-18H,5,9-12,14-16H2,(H,25,28).